The molecule has 100 valence electrons. The summed E-state index contributed by atoms with van der Waals surface area (Å²) in [6, 6.07) is 1.21. The molecular weight excluding hydrogens is 269 g/mol. The molecule has 6 nitrogen and oxygen atoms in total. The summed E-state index contributed by atoms with van der Waals surface area (Å²) in [5.41, 5.74) is -1.21. The molecule has 2 atom stereocenters. The van der Waals surface area contributed by atoms with Gasteiger partial charge in [-0.2, -0.15) is 0 Å². The quantitative estimate of drug-likeness (QED) is 0.430. The van der Waals surface area contributed by atoms with E-state index < -0.39 is 39.9 Å². The molecule has 2 unspecified atom stereocenters. The lowest BCUT2D eigenvalue weighted by Gasteiger charge is -2.17. The van der Waals surface area contributed by atoms with Crippen molar-refractivity contribution in [3.63, 3.8) is 0 Å². The van der Waals surface area contributed by atoms with E-state index >= 15 is 0 Å². The van der Waals surface area contributed by atoms with Gasteiger partial charge < -0.3 is 15.3 Å². The van der Waals surface area contributed by atoms with Gasteiger partial charge in [0, 0.05) is 23.6 Å². The molecule has 0 heterocycles. The van der Waals surface area contributed by atoms with Gasteiger partial charge in [-0.25, -0.2) is 4.39 Å². The second-order valence-electron chi connectivity index (χ2n) is 3.61. The van der Waals surface area contributed by atoms with Crippen molar-refractivity contribution in [2.45, 2.75) is 18.6 Å². The highest BCUT2D eigenvalue weighted by Crippen LogP contribution is 2.32. The average molecular weight is 280 g/mol. The summed E-state index contributed by atoms with van der Waals surface area (Å²) in [7, 11) is 0. The average Bonchev–Trinajstić information content (AvgIpc) is 2.28. The second kappa shape index (κ2) is 5.94. The number of hydrogen-bond donors (Lipinski definition) is 3. The number of phenolic OH excluding ortho intramolecular Hbond substituents is 1. The van der Waals surface area contributed by atoms with Gasteiger partial charge >= 0.3 is 5.69 Å². The fraction of sp³-hybridized carbons (Fsp3) is 0.400. The minimum atomic E-state index is -1.65. The molecule has 0 aliphatic heterocycles. The van der Waals surface area contributed by atoms with Gasteiger partial charge in [0.05, 0.1) is 11.0 Å². The van der Waals surface area contributed by atoms with Crippen LogP contribution in [-0.4, -0.2) is 32.2 Å². The topological polar surface area (TPSA) is 104 Å². The van der Waals surface area contributed by atoms with Crippen LogP contribution in [0, 0.1) is 15.9 Å². The Bertz CT molecular complexity index is 456. The highest BCUT2D eigenvalue weighted by Gasteiger charge is 2.26. The zero-order chi connectivity index (χ0) is 13.9. The second-order valence-corrected chi connectivity index (χ2v) is 3.99. The highest BCUT2D eigenvalue weighted by molar-refractivity contribution is 6.17. The first-order chi connectivity index (χ1) is 8.38. The molecule has 0 aliphatic carbocycles. The van der Waals surface area contributed by atoms with Crippen LogP contribution in [0.3, 0.4) is 0 Å². The monoisotopic (exact) mass is 279 g/mol. The first-order valence-electron chi connectivity index (χ1n) is 4.97. The Morgan fingerprint density at radius 1 is 1.44 bits per heavy atom. The Kier molecular flexibility index (Phi) is 4.83. The third-order valence-corrected chi connectivity index (χ3v) is 2.60. The molecule has 3 N–H and O–H groups in total. The van der Waals surface area contributed by atoms with Crippen LogP contribution in [-0.2, 0) is 0 Å². The summed E-state index contributed by atoms with van der Waals surface area (Å²) in [6.07, 6.45) is -3.00. The van der Waals surface area contributed by atoms with E-state index in [1.807, 2.05) is 0 Å². The lowest BCUT2D eigenvalue weighted by Crippen LogP contribution is -2.20. The molecule has 8 heteroatoms. The van der Waals surface area contributed by atoms with Gasteiger partial charge in [-0.15, -0.1) is 11.6 Å². The molecular formula is C10H11ClFNO5. The van der Waals surface area contributed by atoms with E-state index in [-0.39, 0.29) is 12.3 Å². The highest BCUT2D eigenvalue weighted by atomic mass is 35.5. The zero-order valence-corrected chi connectivity index (χ0v) is 9.84. The number of hydrogen-bond acceptors (Lipinski definition) is 5. The van der Waals surface area contributed by atoms with Crippen LogP contribution in [0.1, 0.15) is 18.1 Å². The van der Waals surface area contributed by atoms with Crippen molar-refractivity contribution >= 4 is 17.3 Å². The smallest absolute Gasteiger partial charge is 0.311 e. The van der Waals surface area contributed by atoms with E-state index in [4.69, 9.17) is 16.7 Å². The van der Waals surface area contributed by atoms with Gasteiger partial charge in [0.25, 0.3) is 0 Å². The number of aliphatic hydroxyl groups is 2. The van der Waals surface area contributed by atoms with E-state index in [2.05, 4.69) is 0 Å². The van der Waals surface area contributed by atoms with Gasteiger partial charge in [-0.05, 0) is 6.42 Å². The van der Waals surface area contributed by atoms with Gasteiger partial charge in [-0.3, -0.25) is 10.1 Å². The van der Waals surface area contributed by atoms with Crippen LogP contribution < -0.4 is 0 Å². The van der Waals surface area contributed by atoms with Crippen LogP contribution in [0.5, 0.6) is 5.75 Å². The largest absolute Gasteiger partial charge is 0.502 e. The van der Waals surface area contributed by atoms with Crippen molar-refractivity contribution in [3.8, 4) is 5.75 Å². The van der Waals surface area contributed by atoms with Crippen molar-refractivity contribution in [2.75, 3.05) is 5.88 Å². The molecule has 1 rings (SSSR count). The van der Waals surface area contributed by atoms with Crippen LogP contribution >= 0.6 is 11.6 Å². The number of nitrogens with zero attached hydrogens (tertiary/aromatic N) is 1. The number of nitro benzene ring substituents is 1. The summed E-state index contributed by atoms with van der Waals surface area (Å²) in [5.74, 6) is -1.85. The number of halogens is 2. The summed E-state index contributed by atoms with van der Waals surface area (Å²) in [5, 5.41) is 38.8. The third kappa shape index (κ3) is 3.06. The Morgan fingerprint density at radius 3 is 2.56 bits per heavy atom. The third-order valence-electron chi connectivity index (χ3n) is 2.38. The van der Waals surface area contributed by atoms with Gasteiger partial charge in [-0.1, -0.05) is 0 Å². The Hall–Kier alpha value is -1.44. The number of alkyl halides is 1. The maximum Gasteiger partial charge on any atom is 0.311 e. The first kappa shape index (κ1) is 14.6. The molecule has 0 saturated heterocycles. The molecule has 0 amide bonds. The van der Waals surface area contributed by atoms with Crippen molar-refractivity contribution in [1.29, 1.82) is 0 Å². The molecule has 0 bridgehead atoms. The maximum absolute atomic E-state index is 13.5. The number of aliphatic hydroxyl groups excluding tert-OH is 2. The zero-order valence-electron chi connectivity index (χ0n) is 9.08. The van der Waals surface area contributed by atoms with Crippen molar-refractivity contribution in [2.24, 2.45) is 0 Å². The SMILES string of the molecule is O=[N+]([O-])c1cc(C(O)C(O)CCCl)c(F)cc1O. The Labute approximate surface area is 106 Å². The predicted octanol–water partition coefficient (Wildman–Crippen LogP) is 1.46. The first-order valence-corrected chi connectivity index (χ1v) is 5.50. The summed E-state index contributed by atoms with van der Waals surface area (Å²) in [6.45, 7) is 0. The molecule has 0 aromatic heterocycles. The van der Waals surface area contributed by atoms with Gasteiger partial charge in [0.2, 0.25) is 0 Å². The molecule has 1 aromatic rings. The standard InChI is InChI=1S/C10H11ClFNO5/c11-2-1-8(14)10(16)5-3-7(13(17)18)9(15)4-6(5)12/h3-4,8,10,14-16H,1-2H2. The Balaban J connectivity index is 3.15. The van der Waals surface area contributed by atoms with Crippen LogP contribution in [0.2, 0.25) is 0 Å². The molecule has 0 saturated carbocycles. The number of nitro groups is 1. The summed E-state index contributed by atoms with van der Waals surface area (Å²) < 4.78 is 13.5. The lowest BCUT2D eigenvalue weighted by atomic mass is 10.0. The minimum Gasteiger partial charge on any atom is -0.502 e. The number of rotatable bonds is 5. The number of phenols is 1. The van der Waals surface area contributed by atoms with E-state index in [0.717, 1.165) is 0 Å². The Morgan fingerprint density at radius 2 is 2.06 bits per heavy atom. The number of benzene rings is 1. The van der Waals surface area contributed by atoms with Crippen LogP contribution in [0.25, 0.3) is 0 Å². The molecule has 1 aromatic carbocycles. The number of aromatic hydroxyl groups is 1. The van der Waals surface area contributed by atoms with E-state index in [0.29, 0.717) is 12.1 Å². The minimum absolute atomic E-state index is 0.00314. The van der Waals surface area contributed by atoms with Crippen molar-refractivity contribution in [1.82, 2.24) is 0 Å². The predicted molar refractivity (Wildman–Crippen MR) is 61.0 cm³/mol. The lowest BCUT2D eigenvalue weighted by molar-refractivity contribution is -0.386. The fourth-order valence-corrected chi connectivity index (χ4v) is 1.64. The van der Waals surface area contributed by atoms with Crippen LogP contribution in [0.4, 0.5) is 10.1 Å². The van der Waals surface area contributed by atoms with E-state index in [1.54, 1.807) is 0 Å². The summed E-state index contributed by atoms with van der Waals surface area (Å²) >= 11 is 5.36. The van der Waals surface area contributed by atoms with Crippen molar-refractivity contribution < 1.29 is 24.6 Å². The normalized spacial score (nSPS) is 14.2. The maximum atomic E-state index is 13.5. The molecule has 0 radical (unpaired) electrons. The van der Waals surface area contributed by atoms with Gasteiger partial charge in [0.15, 0.2) is 5.75 Å². The summed E-state index contributed by atoms with van der Waals surface area (Å²) in [4.78, 5) is 9.64. The fourth-order valence-electron chi connectivity index (χ4n) is 1.42. The molecule has 0 aliphatic rings. The van der Waals surface area contributed by atoms with Gasteiger partial charge in [0.1, 0.15) is 11.9 Å². The van der Waals surface area contributed by atoms with E-state index in [1.165, 1.54) is 0 Å². The van der Waals surface area contributed by atoms with Crippen LogP contribution in [0.15, 0.2) is 12.1 Å². The molecule has 0 spiro atoms. The molecule has 0 fully saturated rings. The van der Waals surface area contributed by atoms with E-state index in [9.17, 15) is 24.7 Å². The van der Waals surface area contributed by atoms with Crippen molar-refractivity contribution in [3.05, 3.63) is 33.6 Å². The molecule has 18 heavy (non-hydrogen) atoms.